The van der Waals surface area contributed by atoms with Crippen LogP contribution in [0.1, 0.15) is 40.5 Å². The highest BCUT2D eigenvalue weighted by molar-refractivity contribution is 5.79. The van der Waals surface area contributed by atoms with E-state index in [0.717, 1.165) is 19.4 Å². The number of nitrogens with zero attached hydrogens (tertiary/aromatic N) is 1. The topological polar surface area (TPSA) is 52.6 Å². The molecular formula is C12H24N2O2. The largest absolute Gasteiger partial charge is 0.392 e. The summed E-state index contributed by atoms with van der Waals surface area (Å²) >= 11 is 0. The van der Waals surface area contributed by atoms with Crippen molar-refractivity contribution in [3.63, 3.8) is 0 Å². The fourth-order valence-electron chi connectivity index (χ4n) is 1.58. The highest BCUT2D eigenvalue weighted by Crippen LogP contribution is 2.26. The van der Waals surface area contributed by atoms with Crippen LogP contribution in [0.2, 0.25) is 0 Å². The predicted octanol–water partition coefficient (Wildman–Crippen LogP) is 0.746. The van der Waals surface area contributed by atoms with E-state index in [0.29, 0.717) is 12.6 Å². The number of aliphatic hydroxyl groups is 1. The number of aliphatic hydroxyl groups excluding tert-OH is 1. The first-order valence-corrected chi connectivity index (χ1v) is 6.11. The van der Waals surface area contributed by atoms with E-state index in [1.54, 1.807) is 6.92 Å². The van der Waals surface area contributed by atoms with Gasteiger partial charge in [0.1, 0.15) is 0 Å². The van der Waals surface area contributed by atoms with Crippen molar-refractivity contribution >= 4 is 5.91 Å². The molecule has 4 heteroatoms. The average molecular weight is 228 g/mol. The van der Waals surface area contributed by atoms with Crippen molar-refractivity contribution in [3.8, 4) is 0 Å². The van der Waals surface area contributed by atoms with E-state index in [1.807, 2.05) is 25.7 Å². The molecule has 0 spiro atoms. The van der Waals surface area contributed by atoms with Crippen molar-refractivity contribution in [2.24, 2.45) is 0 Å². The number of carbonyl (C=O) groups is 1. The molecule has 4 nitrogen and oxygen atoms in total. The van der Waals surface area contributed by atoms with Crippen LogP contribution in [0.4, 0.5) is 0 Å². The molecule has 0 bridgehead atoms. The molecule has 1 saturated carbocycles. The van der Waals surface area contributed by atoms with E-state index >= 15 is 0 Å². The Balaban J connectivity index is 2.39. The number of likely N-dealkylation sites (N-methyl/N-ethyl adjacent to an activating group) is 1. The third-order valence-corrected chi connectivity index (χ3v) is 3.39. The summed E-state index contributed by atoms with van der Waals surface area (Å²) in [7, 11) is 0. The summed E-state index contributed by atoms with van der Waals surface area (Å²) in [6, 6.07) is 0.467. The van der Waals surface area contributed by atoms with Crippen molar-refractivity contribution in [1.82, 2.24) is 10.2 Å². The van der Waals surface area contributed by atoms with Gasteiger partial charge in [-0.15, -0.1) is 0 Å². The zero-order valence-corrected chi connectivity index (χ0v) is 10.8. The Kier molecular flexibility index (Phi) is 4.33. The lowest BCUT2D eigenvalue weighted by Crippen LogP contribution is -2.52. The maximum Gasteiger partial charge on any atom is 0.236 e. The second-order valence-electron chi connectivity index (χ2n) is 5.16. The molecule has 0 aromatic heterocycles. The monoisotopic (exact) mass is 228 g/mol. The summed E-state index contributed by atoms with van der Waals surface area (Å²) < 4.78 is 0. The maximum atomic E-state index is 11.9. The van der Waals surface area contributed by atoms with E-state index in [-0.39, 0.29) is 5.91 Å². The van der Waals surface area contributed by atoms with Gasteiger partial charge in [-0.05, 0) is 40.5 Å². The Morgan fingerprint density at radius 2 is 2.12 bits per heavy atom. The molecule has 0 aromatic rings. The predicted molar refractivity (Wildman–Crippen MR) is 64.2 cm³/mol. The van der Waals surface area contributed by atoms with Crippen LogP contribution in [0.15, 0.2) is 0 Å². The Morgan fingerprint density at radius 3 is 2.50 bits per heavy atom. The molecule has 0 aromatic carbocycles. The Morgan fingerprint density at radius 1 is 1.56 bits per heavy atom. The number of amides is 1. The number of hydrogen-bond acceptors (Lipinski definition) is 3. The molecular weight excluding hydrogens is 204 g/mol. The molecule has 1 atom stereocenters. The van der Waals surface area contributed by atoms with E-state index in [2.05, 4.69) is 5.32 Å². The van der Waals surface area contributed by atoms with Gasteiger partial charge >= 0.3 is 0 Å². The normalized spacial score (nSPS) is 18.3. The zero-order chi connectivity index (χ0) is 12.3. The summed E-state index contributed by atoms with van der Waals surface area (Å²) in [6.45, 7) is 8.63. The summed E-state index contributed by atoms with van der Waals surface area (Å²) in [6.07, 6.45) is 1.80. The summed E-state index contributed by atoms with van der Waals surface area (Å²) in [5.41, 5.74) is -0.418. The lowest BCUT2D eigenvalue weighted by molar-refractivity contribution is -0.131. The lowest BCUT2D eigenvalue weighted by atomic mass is 9.99. The van der Waals surface area contributed by atoms with Gasteiger partial charge in [0, 0.05) is 18.1 Å². The summed E-state index contributed by atoms with van der Waals surface area (Å²) in [5.74, 6) is 0.138. The fraction of sp³-hybridized carbons (Fsp3) is 0.917. The molecule has 0 saturated heterocycles. The number of hydrogen-bond donors (Lipinski definition) is 2. The molecule has 1 amide bonds. The van der Waals surface area contributed by atoms with Gasteiger partial charge in [-0.2, -0.15) is 0 Å². The maximum absolute atomic E-state index is 11.9. The minimum atomic E-state index is -0.476. The van der Waals surface area contributed by atoms with Crippen molar-refractivity contribution in [1.29, 1.82) is 0 Å². The molecule has 1 fully saturated rings. The standard InChI is InChI=1S/C12H24N2O2/c1-5-14(10-6-7-10)11(16)8-13-12(3,4)9(2)15/h9-10,13,15H,5-8H2,1-4H3. The lowest BCUT2D eigenvalue weighted by Gasteiger charge is -2.30. The van der Waals surface area contributed by atoms with Gasteiger partial charge in [0.2, 0.25) is 5.91 Å². The molecule has 0 heterocycles. The quantitative estimate of drug-likeness (QED) is 0.705. The second-order valence-corrected chi connectivity index (χ2v) is 5.16. The molecule has 16 heavy (non-hydrogen) atoms. The van der Waals surface area contributed by atoms with E-state index in [9.17, 15) is 9.90 Å². The van der Waals surface area contributed by atoms with Gasteiger partial charge in [-0.3, -0.25) is 4.79 Å². The van der Waals surface area contributed by atoms with Gasteiger partial charge in [0.15, 0.2) is 0 Å². The molecule has 1 aliphatic carbocycles. The van der Waals surface area contributed by atoms with Crippen LogP contribution in [0, 0.1) is 0 Å². The number of nitrogens with one attached hydrogen (secondary N) is 1. The average Bonchev–Trinajstić information content (AvgIpc) is 3.00. The van der Waals surface area contributed by atoms with Crippen LogP contribution in [-0.2, 0) is 4.79 Å². The molecule has 1 unspecified atom stereocenters. The van der Waals surface area contributed by atoms with Gasteiger partial charge in [-0.1, -0.05) is 0 Å². The summed E-state index contributed by atoms with van der Waals surface area (Å²) in [5, 5.41) is 12.6. The molecule has 2 N–H and O–H groups in total. The van der Waals surface area contributed by atoms with Crippen LogP contribution < -0.4 is 5.32 Å². The van der Waals surface area contributed by atoms with Crippen LogP contribution >= 0.6 is 0 Å². The van der Waals surface area contributed by atoms with Gasteiger partial charge < -0.3 is 15.3 Å². The van der Waals surface area contributed by atoms with Crippen LogP contribution in [0.25, 0.3) is 0 Å². The van der Waals surface area contributed by atoms with E-state index in [1.165, 1.54) is 0 Å². The number of carbonyl (C=O) groups excluding carboxylic acids is 1. The molecule has 0 radical (unpaired) electrons. The number of rotatable bonds is 6. The smallest absolute Gasteiger partial charge is 0.236 e. The highest BCUT2D eigenvalue weighted by Gasteiger charge is 2.32. The van der Waals surface area contributed by atoms with Crippen molar-refractivity contribution < 1.29 is 9.90 Å². The van der Waals surface area contributed by atoms with Crippen LogP contribution in [-0.4, -0.2) is 46.7 Å². The zero-order valence-electron chi connectivity index (χ0n) is 10.8. The van der Waals surface area contributed by atoms with E-state index in [4.69, 9.17) is 0 Å². The van der Waals surface area contributed by atoms with Gasteiger partial charge in [0.05, 0.1) is 12.6 Å². The Hall–Kier alpha value is -0.610. The van der Waals surface area contributed by atoms with Crippen molar-refractivity contribution in [2.45, 2.75) is 58.2 Å². The molecule has 94 valence electrons. The fourth-order valence-corrected chi connectivity index (χ4v) is 1.58. The van der Waals surface area contributed by atoms with Gasteiger partial charge in [-0.25, -0.2) is 0 Å². The Labute approximate surface area is 98.0 Å². The van der Waals surface area contributed by atoms with Crippen molar-refractivity contribution in [2.75, 3.05) is 13.1 Å². The first-order chi connectivity index (χ1) is 7.38. The SMILES string of the molecule is CCN(C(=O)CNC(C)(C)C(C)O)C1CC1. The minimum Gasteiger partial charge on any atom is -0.392 e. The first-order valence-electron chi connectivity index (χ1n) is 6.11. The third-order valence-electron chi connectivity index (χ3n) is 3.39. The molecule has 1 rings (SSSR count). The second kappa shape index (κ2) is 5.15. The van der Waals surface area contributed by atoms with Crippen LogP contribution in [0.3, 0.4) is 0 Å². The molecule has 0 aliphatic heterocycles. The van der Waals surface area contributed by atoms with E-state index < -0.39 is 11.6 Å². The molecule has 1 aliphatic rings. The summed E-state index contributed by atoms with van der Waals surface area (Å²) in [4.78, 5) is 13.8. The highest BCUT2D eigenvalue weighted by atomic mass is 16.3. The van der Waals surface area contributed by atoms with Crippen LogP contribution in [0.5, 0.6) is 0 Å². The van der Waals surface area contributed by atoms with Gasteiger partial charge in [0.25, 0.3) is 0 Å². The minimum absolute atomic E-state index is 0.138. The Bertz CT molecular complexity index is 247. The van der Waals surface area contributed by atoms with Crippen molar-refractivity contribution in [3.05, 3.63) is 0 Å². The first kappa shape index (κ1) is 13.5. The third kappa shape index (κ3) is 3.46.